The van der Waals surface area contributed by atoms with Gasteiger partial charge < -0.3 is 10.8 Å². The molecule has 0 unspecified atom stereocenters. The Balaban J connectivity index is 2.93. The van der Waals surface area contributed by atoms with Gasteiger partial charge in [0, 0.05) is 24.2 Å². The van der Waals surface area contributed by atoms with E-state index in [-0.39, 0.29) is 12.0 Å². The maximum absolute atomic E-state index is 11.2. The molecule has 0 fully saturated rings. The van der Waals surface area contributed by atoms with Gasteiger partial charge in [0.2, 0.25) is 5.91 Å². The first-order valence-corrected chi connectivity index (χ1v) is 6.97. The summed E-state index contributed by atoms with van der Waals surface area (Å²) < 4.78 is 0. The summed E-state index contributed by atoms with van der Waals surface area (Å²) in [7, 11) is 0. The number of amides is 1. The van der Waals surface area contributed by atoms with Crippen molar-refractivity contribution in [3.63, 3.8) is 0 Å². The topological polar surface area (TPSA) is 83.6 Å². The molecule has 5 nitrogen and oxygen atoms in total. The molecule has 1 aromatic carbocycles. The van der Waals surface area contributed by atoms with Gasteiger partial charge in [-0.15, -0.1) is 0 Å². The van der Waals surface area contributed by atoms with Crippen molar-refractivity contribution in [3.8, 4) is 0 Å². The van der Waals surface area contributed by atoms with Crippen molar-refractivity contribution in [2.45, 2.75) is 46.2 Å². The zero-order valence-corrected chi connectivity index (χ0v) is 13.1. The Morgan fingerprint density at radius 3 is 2.33 bits per heavy atom. The number of carboxylic acid groups (broad SMARTS) is 1. The third kappa shape index (κ3) is 5.19. The highest BCUT2D eigenvalue weighted by Gasteiger charge is 2.22. The Morgan fingerprint density at radius 2 is 1.90 bits per heavy atom. The standard InChI is InChI=1S/C16H24N2O3/c1-11-9-12(15(17)21)5-6-13(11)10-18(16(2,3)4)8-7-14(19)20/h5-6,9H,7-8,10H2,1-4H3,(H2,17,21)(H,19,20). The van der Waals surface area contributed by atoms with Crippen LogP contribution in [0, 0.1) is 6.92 Å². The fourth-order valence-electron chi connectivity index (χ4n) is 2.11. The average Bonchev–Trinajstić information content (AvgIpc) is 2.33. The molecule has 0 saturated carbocycles. The quantitative estimate of drug-likeness (QED) is 0.841. The molecule has 0 atom stereocenters. The summed E-state index contributed by atoms with van der Waals surface area (Å²) in [4.78, 5) is 24.1. The number of nitrogens with two attached hydrogens (primary N) is 1. The molecule has 0 aliphatic heterocycles. The lowest BCUT2D eigenvalue weighted by atomic mass is 10.0. The molecule has 1 aromatic rings. The van der Waals surface area contributed by atoms with Gasteiger partial charge in [0.1, 0.15) is 0 Å². The number of hydrogen-bond acceptors (Lipinski definition) is 3. The van der Waals surface area contributed by atoms with E-state index in [0.29, 0.717) is 18.7 Å². The summed E-state index contributed by atoms with van der Waals surface area (Å²) in [5.74, 6) is -1.24. The first-order valence-electron chi connectivity index (χ1n) is 6.97. The van der Waals surface area contributed by atoms with Gasteiger partial charge in [-0.1, -0.05) is 6.07 Å². The second kappa shape index (κ2) is 6.72. The normalized spacial score (nSPS) is 11.7. The minimum absolute atomic E-state index is 0.107. The van der Waals surface area contributed by atoms with Gasteiger partial charge >= 0.3 is 5.97 Å². The van der Waals surface area contributed by atoms with E-state index in [1.54, 1.807) is 12.1 Å². The lowest BCUT2D eigenvalue weighted by molar-refractivity contribution is -0.137. The van der Waals surface area contributed by atoms with Gasteiger partial charge in [-0.05, 0) is 51.0 Å². The molecule has 0 aliphatic carbocycles. The van der Waals surface area contributed by atoms with Crippen LogP contribution in [0.1, 0.15) is 48.7 Å². The van der Waals surface area contributed by atoms with Crippen LogP contribution in [0.15, 0.2) is 18.2 Å². The van der Waals surface area contributed by atoms with Gasteiger partial charge in [0.25, 0.3) is 0 Å². The van der Waals surface area contributed by atoms with Crippen LogP contribution in [0.25, 0.3) is 0 Å². The molecule has 0 bridgehead atoms. The fourth-order valence-corrected chi connectivity index (χ4v) is 2.11. The largest absolute Gasteiger partial charge is 0.481 e. The van der Waals surface area contributed by atoms with E-state index in [1.165, 1.54) is 0 Å². The molecule has 1 rings (SSSR count). The number of carboxylic acids is 1. The minimum Gasteiger partial charge on any atom is -0.481 e. The highest BCUT2D eigenvalue weighted by molar-refractivity contribution is 5.93. The summed E-state index contributed by atoms with van der Waals surface area (Å²) in [6.07, 6.45) is 0.107. The molecular weight excluding hydrogens is 268 g/mol. The van der Waals surface area contributed by atoms with E-state index in [2.05, 4.69) is 25.7 Å². The van der Waals surface area contributed by atoms with E-state index >= 15 is 0 Å². The molecule has 3 N–H and O–H groups in total. The van der Waals surface area contributed by atoms with Crippen LogP contribution in [0.2, 0.25) is 0 Å². The van der Waals surface area contributed by atoms with Crippen LogP contribution in [0.5, 0.6) is 0 Å². The van der Waals surface area contributed by atoms with Crippen LogP contribution >= 0.6 is 0 Å². The van der Waals surface area contributed by atoms with Crippen molar-refractivity contribution in [2.24, 2.45) is 5.73 Å². The summed E-state index contributed by atoms with van der Waals surface area (Å²) in [5, 5.41) is 8.87. The Bertz CT molecular complexity index is 533. The zero-order chi connectivity index (χ0) is 16.2. The molecule has 0 saturated heterocycles. The van der Waals surface area contributed by atoms with E-state index < -0.39 is 11.9 Å². The number of benzene rings is 1. The zero-order valence-electron chi connectivity index (χ0n) is 13.1. The molecule has 0 heterocycles. The number of carbonyl (C=O) groups excluding carboxylic acids is 1. The number of aryl methyl sites for hydroxylation is 1. The van der Waals surface area contributed by atoms with Crippen LogP contribution in [-0.4, -0.2) is 34.0 Å². The maximum atomic E-state index is 11.2. The van der Waals surface area contributed by atoms with Crippen LogP contribution in [0.3, 0.4) is 0 Å². The van der Waals surface area contributed by atoms with E-state index in [1.807, 2.05) is 13.0 Å². The van der Waals surface area contributed by atoms with Crippen molar-refractivity contribution in [3.05, 3.63) is 34.9 Å². The second-order valence-electron chi connectivity index (χ2n) is 6.24. The monoisotopic (exact) mass is 292 g/mol. The number of primary amides is 1. The summed E-state index contributed by atoms with van der Waals surface area (Å²) in [6, 6.07) is 5.37. The number of hydrogen-bond donors (Lipinski definition) is 2. The predicted octanol–water partition coefficient (Wildman–Crippen LogP) is 2.17. The van der Waals surface area contributed by atoms with Crippen molar-refractivity contribution in [1.29, 1.82) is 0 Å². The minimum atomic E-state index is -0.801. The SMILES string of the molecule is Cc1cc(C(N)=O)ccc1CN(CCC(=O)O)C(C)(C)C. The highest BCUT2D eigenvalue weighted by Crippen LogP contribution is 2.20. The van der Waals surface area contributed by atoms with Crippen molar-refractivity contribution >= 4 is 11.9 Å². The summed E-state index contributed by atoms with van der Waals surface area (Å²) in [5.41, 5.74) is 7.68. The second-order valence-corrected chi connectivity index (χ2v) is 6.24. The third-order valence-corrected chi connectivity index (χ3v) is 3.53. The molecule has 116 valence electrons. The van der Waals surface area contributed by atoms with Gasteiger partial charge in [-0.3, -0.25) is 14.5 Å². The number of aliphatic carboxylic acids is 1. The number of nitrogens with zero attached hydrogens (tertiary/aromatic N) is 1. The lowest BCUT2D eigenvalue weighted by Gasteiger charge is -2.35. The summed E-state index contributed by atoms with van der Waals surface area (Å²) >= 11 is 0. The molecule has 0 radical (unpaired) electrons. The van der Waals surface area contributed by atoms with Crippen LogP contribution in [-0.2, 0) is 11.3 Å². The van der Waals surface area contributed by atoms with Crippen molar-refractivity contribution in [1.82, 2.24) is 4.90 Å². The van der Waals surface area contributed by atoms with Gasteiger partial charge in [0.05, 0.1) is 6.42 Å². The van der Waals surface area contributed by atoms with Crippen LogP contribution < -0.4 is 5.73 Å². The lowest BCUT2D eigenvalue weighted by Crippen LogP contribution is -2.42. The highest BCUT2D eigenvalue weighted by atomic mass is 16.4. The number of carbonyl (C=O) groups is 2. The first kappa shape index (κ1) is 17.2. The van der Waals surface area contributed by atoms with E-state index in [0.717, 1.165) is 11.1 Å². The maximum Gasteiger partial charge on any atom is 0.304 e. The molecule has 0 aromatic heterocycles. The number of rotatable bonds is 6. The van der Waals surface area contributed by atoms with Crippen molar-refractivity contribution in [2.75, 3.05) is 6.54 Å². The Labute approximate surface area is 125 Å². The van der Waals surface area contributed by atoms with E-state index in [9.17, 15) is 9.59 Å². The fraction of sp³-hybridized carbons (Fsp3) is 0.500. The molecule has 0 spiro atoms. The van der Waals surface area contributed by atoms with Crippen LogP contribution in [0.4, 0.5) is 0 Å². The van der Waals surface area contributed by atoms with Crippen molar-refractivity contribution < 1.29 is 14.7 Å². The third-order valence-electron chi connectivity index (χ3n) is 3.53. The smallest absolute Gasteiger partial charge is 0.304 e. The average molecular weight is 292 g/mol. The molecule has 5 heteroatoms. The molecule has 1 amide bonds. The Morgan fingerprint density at radius 1 is 1.29 bits per heavy atom. The van der Waals surface area contributed by atoms with E-state index in [4.69, 9.17) is 10.8 Å². The van der Waals surface area contributed by atoms with Gasteiger partial charge in [-0.2, -0.15) is 0 Å². The first-order chi connectivity index (χ1) is 9.61. The molecule has 21 heavy (non-hydrogen) atoms. The summed E-state index contributed by atoms with van der Waals surface area (Å²) in [6.45, 7) is 9.23. The molecular formula is C16H24N2O3. The predicted molar refractivity (Wildman–Crippen MR) is 82.1 cm³/mol. The molecule has 0 aliphatic rings. The Kier molecular flexibility index (Phi) is 5.49. The van der Waals surface area contributed by atoms with Gasteiger partial charge in [0.15, 0.2) is 0 Å². The van der Waals surface area contributed by atoms with Gasteiger partial charge in [-0.25, -0.2) is 0 Å². The Hall–Kier alpha value is -1.88.